The summed E-state index contributed by atoms with van der Waals surface area (Å²) >= 11 is 0. The van der Waals surface area contributed by atoms with Gasteiger partial charge in [0.15, 0.2) is 0 Å². The summed E-state index contributed by atoms with van der Waals surface area (Å²) in [5.74, 6) is -0.233. The van der Waals surface area contributed by atoms with E-state index in [0.29, 0.717) is 24.9 Å². The molecule has 1 aromatic carbocycles. The van der Waals surface area contributed by atoms with E-state index in [1.54, 1.807) is 18.9 Å². The van der Waals surface area contributed by atoms with Crippen molar-refractivity contribution < 1.29 is 18.0 Å². The van der Waals surface area contributed by atoms with Gasteiger partial charge in [-0.1, -0.05) is 31.4 Å². The highest BCUT2D eigenvalue weighted by Crippen LogP contribution is 2.29. The molecule has 7 heteroatoms. The number of carbonyl (C=O) groups excluding carboxylic acids is 1. The summed E-state index contributed by atoms with van der Waals surface area (Å²) in [6, 6.07) is 6.68. The Morgan fingerprint density at radius 1 is 1.27 bits per heavy atom. The van der Waals surface area contributed by atoms with Gasteiger partial charge in [-0.25, -0.2) is 0 Å². The first-order valence-corrected chi connectivity index (χ1v) is 8.76. The highest BCUT2D eigenvalue weighted by Gasteiger charge is 2.35. The zero-order valence-corrected chi connectivity index (χ0v) is 15.1. The summed E-state index contributed by atoms with van der Waals surface area (Å²) in [6.07, 6.45) is -0.131. The van der Waals surface area contributed by atoms with Crippen molar-refractivity contribution in [2.75, 3.05) is 7.05 Å². The van der Waals surface area contributed by atoms with Crippen LogP contribution in [0.3, 0.4) is 0 Å². The van der Waals surface area contributed by atoms with E-state index in [0.717, 1.165) is 31.4 Å². The summed E-state index contributed by atoms with van der Waals surface area (Å²) in [7, 11) is 1.74. The summed E-state index contributed by atoms with van der Waals surface area (Å²) in [5.41, 5.74) is -0.797. The van der Waals surface area contributed by atoms with Crippen molar-refractivity contribution in [3.63, 3.8) is 0 Å². The Morgan fingerprint density at radius 2 is 1.85 bits per heavy atom. The molecular formula is C19H24F3N3O. The van der Waals surface area contributed by atoms with Crippen molar-refractivity contribution in [3.8, 4) is 6.07 Å². The maximum Gasteiger partial charge on any atom is 0.416 e. The second-order valence-electron chi connectivity index (χ2n) is 7.03. The van der Waals surface area contributed by atoms with Crippen molar-refractivity contribution in [2.24, 2.45) is 0 Å². The van der Waals surface area contributed by atoms with Gasteiger partial charge in [-0.2, -0.15) is 18.4 Å². The van der Waals surface area contributed by atoms with Gasteiger partial charge in [0.25, 0.3) is 0 Å². The Bertz CT molecular complexity index is 658. The lowest BCUT2D eigenvalue weighted by Gasteiger charge is -2.34. The molecule has 4 nitrogen and oxygen atoms in total. The molecule has 2 rings (SSSR count). The zero-order chi connectivity index (χ0) is 19.4. The molecule has 0 heterocycles. The predicted molar refractivity (Wildman–Crippen MR) is 91.9 cm³/mol. The van der Waals surface area contributed by atoms with Gasteiger partial charge in [-0.15, -0.1) is 0 Å². The minimum absolute atomic E-state index is 0.233. The third-order valence-corrected chi connectivity index (χ3v) is 5.04. The van der Waals surface area contributed by atoms with Crippen LogP contribution in [-0.2, 0) is 17.5 Å². The molecule has 1 N–H and O–H groups in total. The van der Waals surface area contributed by atoms with Crippen LogP contribution in [0.4, 0.5) is 13.2 Å². The first-order chi connectivity index (χ1) is 12.2. The quantitative estimate of drug-likeness (QED) is 0.860. The number of carbonyl (C=O) groups is 1. The number of nitriles is 1. The predicted octanol–water partition coefficient (Wildman–Crippen LogP) is 3.87. The Labute approximate surface area is 152 Å². The fourth-order valence-corrected chi connectivity index (χ4v) is 3.18. The SMILES string of the molecule is C[C@@H](C(=O)NC1(C#N)CCCCC1)N(C)Cc1ccc(C(F)(F)F)cc1. The number of hydrogen-bond donors (Lipinski definition) is 1. The number of alkyl halides is 3. The highest BCUT2D eigenvalue weighted by molar-refractivity contribution is 5.82. The summed E-state index contributed by atoms with van der Waals surface area (Å²) in [4.78, 5) is 14.3. The molecule has 0 saturated heterocycles. The molecule has 0 spiro atoms. The third-order valence-electron chi connectivity index (χ3n) is 5.04. The van der Waals surface area contributed by atoms with Gasteiger partial charge in [0.05, 0.1) is 17.7 Å². The van der Waals surface area contributed by atoms with E-state index in [9.17, 15) is 23.2 Å². The number of benzene rings is 1. The van der Waals surface area contributed by atoms with Crippen molar-refractivity contribution in [1.29, 1.82) is 5.26 Å². The number of halogens is 3. The maximum absolute atomic E-state index is 12.6. The Morgan fingerprint density at radius 3 is 2.35 bits per heavy atom. The van der Waals surface area contributed by atoms with E-state index in [4.69, 9.17) is 0 Å². The molecule has 1 amide bonds. The molecule has 1 atom stereocenters. The Balaban J connectivity index is 1.97. The van der Waals surface area contributed by atoms with Crippen LogP contribution >= 0.6 is 0 Å². The molecule has 1 aromatic rings. The van der Waals surface area contributed by atoms with Crippen molar-refractivity contribution in [3.05, 3.63) is 35.4 Å². The molecule has 0 radical (unpaired) electrons. The average molecular weight is 367 g/mol. The number of nitrogens with one attached hydrogen (secondary N) is 1. The lowest BCUT2D eigenvalue weighted by molar-refractivity contribution is -0.137. The largest absolute Gasteiger partial charge is 0.416 e. The van der Waals surface area contributed by atoms with Crippen molar-refractivity contribution >= 4 is 5.91 Å². The zero-order valence-electron chi connectivity index (χ0n) is 15.1. The molecule has 1 saturated carbocycles. The van der Waals surface area contributed by atoms with Crippen molar-refractivity contribution in [1.82, 2.24) is 10.2 Å². The molecule has 26 heavy (non-hydrogen) atoms. The van der Waals surface area contributed by atoms with Crippen LogP contribution in [-0.4, -0.2) is 29.4 Å². The van der Waals surface area contributed by atoms with Gasteiger partial charge in [0.1, 0.15) is 5.54 Å². The van der Waals surface area contributed by atoms with Gasteiger partial charge in [0, 0.05) is 6.54 Å². The van der Waals surface area contributed by atoms with E-state index >= 15 is 0 Å². The molecule has 1 aliphatic carbocycles. The number of amides is 1. The molecule has 142 valence electrons. The third kappa shape index (κ3) is 4.98. The smallest absolute Gasteiger partial charge is 0.336 e. The number of rotatable bonds is 5. The first kappa shape index (κ1) is 20.2. The molecule has 0 unspecified atom stereocenters. The summed E-state index contributed by atoms with van der Waals surface area (Å²) < 4.78 is 37.9. The van der Waals surface area contributed by atoms with Crippen LogP contribution in [0.5, 0.6) is 0 Å². The van der Waals surface area contributed by atoms with E-state index in [1.165, 1.54) is 12.1 Å². The topological polar surface area (TPSA) is 56.1 Å². The summed E-state index contributed by atoms with van der Waals surface area (Å²) in [6.45, 7) is 2.07. The first-order valence-electron chi connectivity index (χ1n) is 8.76. The van der Waals surface area contributed by atoms with Gasteiger partial charge in [-0.05, 0) is 44.5 Å². The van der Waals surface area contributed by atoms with E-state index < -0.39 is 23.3 Å². The van der Waals surface area contributed by atoms with Crippen LogP contribution in [0.2, 0.25) is 0 Å². The van der Waals surface area contributed by atoms with Crippen LogP contribution in [0.25, 0.3) is 0 Å². The number of nitrogens with zero attached hydrogens (tertiary/aromatic N) is 2. The van der Waals surface area contributed by atoms with Crippen LogP contribution < -0.4 is 5.32 Å². The normalized spacial score (nSPS) is 18.2. The summed E-state index contributed by atoms with van der Waals surface area (Å²) in [5, 5.41) is 12.4. The van der Waals surface area contributed by atoms with Gasteiger partial charge in [0.2, 0.25) is 5.91 Å². The molecule has 1 fully saturated rings. The van der Waals surface area contributed by atoms with E-state index in [1.807, 2.05) is 0 Å². The Kier molecular flexibility index (Phi) is 6.30. The lowest BCUT2D eigenvalue weighted by atomic mass is 9.82. The highest BCUT2D eigenvalue weighted by atomic mass is 19.4. The lowest BCUT2D eigenvalue weighted by Crippen LogP contribution is -2.54. The van der Waals surface area contributed by atoms with Gasteiger partial charge in [-0.3, -0.25) is 9.69 Å². The van der Waals surface area contributed by atoms with Gasteiger partial charge < -0.3 is 5.32 Å². The van der Waals surface area contributed by atoms with Crippen LogP contribution in [0.15, 0.2) is 24.3 Å². The second-order valence-corrected chi connectivity index (χ2v) is 7.03. The molecule has 0 bridgehead atoms. The molecule has 0 aliphatic heterocycles. The number of hydrogen-bond acceptors (Lipinski definition) is 3. The Hall–Kier alpha value is -2.07. The second kappa shape index (κ2) is 8.09. The fraction of sp³-hybridized carbons (Fsp3) is 0.579. The van der Waals surface area contributed by atoms with Crippen LogP contribution in [0, 0.1) is 11.3 Å². The molecule has 0 aromatic heterocycles. The standard InChI is InChI=1S/C19H24F3N3O/c1-14(17(26)24-18(13-23)10-4-3-5-11-18)25(2)12-15-6-8-16(9-7-15)19(20,21)22/h6-9,14H,3-5,10-12H2,1-2H3,(H,24,26)/t14-/m0/s1. The van der Waals surface area contributed by atoms with Crippen molar-refractivity contribution in [2.45, 2.75) is 63.3 Å². The van der Waals surface area contributed by atoms with E-state index in [2.05, 4.69) is 11.4 Å². The minimum Gasteiger partial charge on any atom is -0.336 e. The fourth-order valence-electron chi connectivity index (χ4n) is 3.18. The van der Waals surface area contributed by atoms with E-state index in [-0.39, 0.29) is 5.91 Å². The number of likely N-dealkylation sites (N-methyl/N-ethyl adjacent to an activating group) is 1. The monoisotopic (exact) mass is 367 g/mol. The van der Waals surface area contributed by atoms with Crippen LogP contribution in [0.1, 0.15) is 50.2 Å². The van der Waals surface area contributed by atoms with Gasteiger partial charge >= 0.3 is 6.18 Å². The molecule has 1 aliphatic rings. The molecular weight excluding hydrogens is 343 g/mol. The maximum atomic E-state index is 12.6. The average Bonchev–Trinajstić information content (AvgIpc) is 2.61. The minimum atomic E-state index is -4.36.